The summed E-state index contributed by atoms with van der Waals surface area (Å²) in [4.78, 5) is 20.3. The number of aromatic nitrogens is 3. The number of pyridine rings is 1. The first-order chi connectivity index (χ1) is 10.6. The van der Waals surface area contributed by atoms with E-state index in [0.29, 0.717) is 11.5 Å². The molecule has 7 nitrogen and oxygen atoms in total. The number of anilines is 3. The highest BCUT2D eigenvalue weighted by molar-refractivity contribution is 6.33. The number of nitrogens with two attached hydrogens (primary N) is 1. The van der Waals surface area contributed by atoms with E-state index < -0.39 is 0 Å². The second-order valence-corrected chi connectivity index (χ2v) is 5.57. The third kappa shape index (κ3) is 2.71. The van der Waals surface area contributed by atoms with Crippen molar-refractivity contribution in [2.45, 2.75) is 0 Å². The number of nitrogens with zero attached hydrogens (tertiary/aromatic N) is 5. The zero-order valence-corrected chi connectivity index (χ0v) is 13.0. The molecule has 3 rings (SSSR count). The van der Waals surface area contributed by atoms with E-state index in [2.05, 4.69) is 19.9 Å². The standard InChI is InChI=1S/C14H17ClN6O/c1-19-14(22)13(15)11(9-18-19)21-6-4-20(5-7-21)10-2-3-12(16)17-8-10/h2-3,8-9H,4-7H2,1H3,(H2,16,17). The van der Waals surface area contributed by atoms with Crippen molar-refractivity contribution in [1.29, 1.82) is 0 Å². The Morgan fingerprint density at radius 2 is 1.82 bits per heavy atom. The van der Waals surface area contributed by atoms with Gasteiger partial charge < -0.3 is 15.5 Å². The van der Waals surface area contributed by atoms with Crippen LogP contribution in [0.25, 0.3) is 0 Å². The summed E-state index contributed by atoms with van der Waals surface area (Å²) in [5.41, 5.74) is 7.07. The highest BCUT2D eigenvalue weighted by atomic mass is 35.5. The molecule has 0 aliphatic carbocycles. The Balaban J connectivity index is 1.73. The van der Waals surface area contributed by atoms with Crippen LogP contribution in [0.15, 0.2) is 29.3 Å². The normalized spacial score (nSPS) is 15.2. The van der Waals surface area contributed by atoms with Crippen molar-refractivity contribution in [2.75, 3.05) is 41.7 Å². The Morgan fingerprint density at radius 1 is 1.14 bits per heavy atom. The van der Waals surface area contributed by atoms with Crippen LogP contribution in [0.4, 0.5) is 17.2 Å². The Bertz CT molecular complexity index is 721. The lowest BCUT2D eigenvalue weighted by molar-refractivity contribution is 0.643. The molecule has 0 radical (unpaired) electrons. The maximum atomic E-state index is 11.9. The number of piperazine rings is 1. The molecule has 2 N–H and O–H groups in total. The van der Waals surface area contributed by atoms with Crippen LogP contribution in [0, 0.1) is 0 Å². The number of nitrogen functional groups attached to an aromatic ring is 1. The van der Waals surface area contributed by atoms with Gasteiger partial charge in [0, 0.05) is 33.2 Å². The van der Waals surface area contributed by atoms with Gasteiger partial charge in [-0.2, -0.15) is 5.10 Å². The van der Waals surface area contributed by atoms with Gasteiger partial charge in [-0.25, -0.2) is 9.67 Å². The quantitative estimate of drug-likeness (QED) is 0.879. The van der Waals surface area contributed by atoms with Crippen molar-refractivity contribution < 1.29 is 0 Å². The minimum atomic E-state index is -0.274. The van der Waals surface area contributed by atoms with Crippen molar-refractivity contribution in [1.82, 2.24) is 14.8 Å². The lowest BCUT2D eigenvalue weighted by atomic mass is 10.2. The van der Waals surface area contributed by atoms with Gasteiger partial charge in [-0.3, -0.25) is 4.79 Å². The molecule has 0 amide bonds. The SMILES string of the molecule is Cn1ncc(N2CCN(c3ccc(N)nc3)CC2)c(Cl)c1=O. The molecule has 1 saturated heterocycles. The summed E-state index contributed by atoms with van der Waals surface area (Å²) in [6.07, 6.45) is 3.42. The average molecular weight is 321 g/mol. The zero-order valence-electron chi connectivity index (χ0n) is 12.2. The maximum Gasteiger partial charge on any atom is 0.287 e. The van der Waals surface area contributed by atoms with E-state index in [-0.39, 0.29) is 10.6 Å². The van der Waals surface area contributed by atoms with Crippen LogP contribution < -0.4 is 21.1 Å². The second-order valence-electron chi connectivity index (χ2n) is 5.19. The maximum absolute atomic E-state index is 11.9. The van der Waals surface area contributed by atoms with Gasteiger partial charge in [0.15, 0.2) is 0 Å². The number of hydrogen-bond acceptors (Lipinski definition) is 6. The fraction of sp³-hybridized carbons (Fsp3) is 0.357. The van der Waals surface area contributed by atoms with Gasteiger partial charge in [-0.05, 0) is 12.1 Å². The van der Waals surface area contributed by atoms with E-state index >= 15 is 0 Å². The van der Waals surface area contributed by atoms with Crippen molar-refractivity contribution in [3.05, 3.63) is 39.9 Å². The molecule has 3 heterocycles. The summed E-state index contributed by atoms with van der Waals surface area (Å²) in [5, 5.41) is 4.26. The van der Waals surface area contributed by atoms with Crippen LogP contribution >= 0.6 is 11.6 Å². The van der Waals surface area contributed by atoms with Gasteiger partial charge in [0.25, 0.3) is 5.56 Å². The highest BCUT2D eigenvalue weighted by Crippen LogP contribution is 2.24. The van der Waals surface area contributed by atoms with E-state index in [9.17, 15) is 4.79 Å². The van der Waals surface area contributed by atoms with Crippen LogP contribution in [0.5, 0.6) is 0 Å². The fourth-order valence-corrected chi connectivity index (χ4v) is 2.80. The molecule has 0 bridgehead atoms. The van der Waals surface area contributed by atoms with Gasteiger partial charge in [0.2, 0.25) is 0 Å². The minimum absolute atomic E-state index is 0.222. The van der Waals surface area contributed by atoms with Crippen LogP contribution in [0.2, 0.25) is 5.02 Å². The van der Waals surface area contributed by atoms with Crippen molar-refractivity contribution in [3.63, 3.8) is 0 Å². The van der Waals surface area contributed by atoms with Gasteiger partial charge in [0.1, 0.15) is 10.8 Å². The predicted octanol–water partition coefficient (Wildman–Crippen LogP) is 0.738. The molecule has 22 heavy (non-hydrogen) atoms. The molecule has 0 spiro atoms. The summed E-state index contributed by atoms with van der Waals surface area (Å²) >= 11 is 6.15. The zero-order chi connectivity index (χ0) is 15.7. The molecule has 1 fully saturated rings. The monoisotopic (exact) mass is 320 g/mol. The van der Waals surface area contributed by atoms with Crippen molar-refractivity contribution >= 4 is 28.8 Å². The molecule has 2 aromatic heterocycles. The minimum Gasteiger partial charge on any atom is -0.384 e. The third-order valence-electron chi connectivity index (χ3n) is 3.82. The molecule has 0 aromatic carbocycles. The summed E-state index contributed by atoms with van der Waals surface area (Å²) < 4.78 is 1.24. The van der Waals surface area contributed by atoms with Crippen LogP contribution in [0.3, 0.4) is 0 Å². The van der Waals surface area contributed by atoms with Gasteiger partial charge in [-0.1, -0.05) is 11.6 Å². The van der Waals surface area contributed by atoms with Gasteiger partial charge >= 0.3 is 0 Å². The first-order valence-corrected chi connectivity index (χ1v) is 7.37. The third-order valence-corrected chi connectivity index (χ3v) is 4.17. The molecule has 8 heteroatoms. The van der Waals surface area contributed by atoms with Gasteiger partial charge in [0.05, 0.1) is 23.8 Å². The topological polar surface area (TPSA) is 80.3 Å². The van der Waals surface area contributed by atoms with E-state index in [1.807, 2.05) is 6.07 Å². The predicted molar refractivity (Wildman–Crippen MR) is 87.6 cm³/mol. The van der Waals surface area contributed by atoms with E-state index in [1.165, 1.54) is 4.68 Å². The second kappa shape index (κ2) is 5.84. The molecule has 0 atom stereocenters. The number of aryl methyl sites for hydroxylation is 1. The Morgan fingerprint density at radius 3 is 2.45 bits per heavy atom. The summed E-state index contributed by atoms with van der Waals surface area (Å²) in [6.45, 7) is 3.16. The smallest absolute Gasteiger partial charge is 0.287 e. The van der Waals surface area contributed by atoms with E-state index in [0.717, 1.165) is 31.9 Å². The first kappa shape index (κ1) is 14.6. The molecule has 2 aromatic rings. The van der Waals surface area contributed by atoms with Crippen LogP contribution in [-0.4, -0.2) is 40.9 Å². The Kier molecular flexibility index (Phi) is 3.89. The first-order valence-electron chi connectivity index (χ1n) is 6.99. The molecule has 116 valence electrons. The molecule has 1 aliphatic rings. The average Bonchev–Trinajstić information content (AvgIpc) is 2.54. The molecule has 1 aliphatic heterocycles. The van der Waals surface area contributed by atoms with Crippen molar-refractivity contribution in [3.8, 4) is 0 Å². The summed E-state index contributed by atoms with van der Waals surface area (Å²) in [5.74, 6) is 0.514. The van der Waals surface area contributed by atoms with Crippen LogP contribution in [0.1, 0.15) is 0 Å². The molecule has 0 saturated carbocycles. The summed E-state index contributed by atoms with van der Waals surface area (Å²) in [6, 6.07) is 3.76. The van der Waals surface area contributed by atoms with Crippen molar-refractivity contribution in [2.24, 2.45) is 7.05 Å². The van der Waals surface area contributed by atoms with E-state index in [1.54, 1.807) is 25.5 Å². The largest absolute Gasteiger partial charge is 0.384 e. The van der Waals surface area contributed by atoms with Crippen LogP contribution in [-0.2, 0) is 7.05 Å². The highest BCUT2D eigenvalue weighted by Gasteiger charge is 2.21. The lowest BCUT2D eigenvalue weighted by Gasteiger charge is -2.37. The summed E-state index contributed by atoms with van der Waals surface area (Å²) in [7, 11) is 1.59. The fourth-order valence-electron chi connectivity index (χ4n) is 2.51. The number of rotatable bonds is 2. The Labute approximate surface area is 132 Å². The van der Waals surface area contributed by atoms with Gasteiger partial charge in [-0.15, -0.1) is 0 Å². The lowest BCUT2D eigenvalue weighted by Crippen LogP contribution is -2.47. The molecular weight excluding hydrogens is 304 g/mol. The van der Waals surface area contributed by atoms with E-state index in [4.69, 9.17) is 17.3 Å². The molecule has 0 unspecified atom stereocenters. The number of hydrogen-bond donors (Lipinski definition) is 1. The Hall–Kier alpha value is -2.28. The number of halogens is 1. The molecular formula is C14H17ClN6O.